The Labute approximate surface area is 102 Å². The number of hydrogen-bond donors (Lipinski definition) is 2. The molecule has 0 aliphatic carbocycles. The van der Waals surface area contributed by atoms with Crippen LogP contribution in [0.5, 0.6) is 0 Å². The van der Waals surface area contributed by atoms with Gasteiger partial charge in [0.1, 0.15) is 5.60 Å². The van der Waals surface area contributed by atoms with Crippen molar-refractivity contribution in [3.63, 3.8) is 0 Å². The molecule has 0 saturated carbocycles. The Bertz CT molecular complexity index is 365. The predicted octanol–water partition coefficient (Wildman–Crippen LogP) is 0.895. The summed E-state index contributed by atoms with van der Waals surface area (Å²) in [5, 5.41) is 22.3. The third-order valence-electron chi connectivity index (χ3n) is 3.74. The molecule has 1 aromatic rings. The summed E-state index contributed by atoms with van der Waals surface area (Å²) in [6.07, 6.45) is 4.43. The van der Waals surface area contributed by atoms with Gasteiger partial charge < -0.3 is 10.4 Å². The Morgan fingerprint density at radius 3 is 3.12 bits per heavy atom. The molecular formula is C12H22N4O. The molecule has 2 rings (SSSR count). The molecule has 0 amide bonds. The molecule has 5 heteroatoms. The molecule has 0 aromatic carbocycles. The minimum Gasteiger partial charge on any atom is -0.383 e. The van der Waals surface area contributed by atoms with E-state index in [-0.39, 0.29) is 5.92 Å². The predicted molar refractivity (Wildman–Crippen MR) is 65.5 cm³/mol. The summed E-state index contributed by atoms with van der Waals surface area (Å²) >= 11 is 0. The van der Waals surface area contributed by atoms with Gasteiger partial charge in [0, 0.05) is 19.0 Å². The zero-order valence-corrected chi connectivity index (χ0v) is 10.7. The first kappa shape index (κ1) is 12.5. The molecule has 2 atom stereocenters. The van der Waals surface area contributed by atoms with Gasteiger partial charge >= 0.3 is 0 Å². The van der Waals surface area contributed by atoms with Crippen molar-refractivity contribution < 1.29 is 5.11 Å². The molecule has 1 aliphatic heterocycles. The van der Waals surface area contributed by atoms with Crippen LogP contribution in [0.1, 0.15) is 38.8 Å². The normalized spacial score (nSPS) is 29.5. The number of hydrogen-bond acceptors (Lipinski definition) is 4. The molecule has 2 N–H and O–H groups in total. The van der Waals surface area contributed by atoms with Crippen LogP contribution in [0.3, 0.4) is 0 Å². The van der Waals surface area contributed by atoms with E-state index in [9.17, 15) is 5.11 Å². The smallest absolute Gasteiger partial charge is 0.113 e. The molecule has 96 valence electrons. The molecule has 0 spiro atoms. The summed E-state index contributed by atoms with van der Waals surface area (Å²) < 4.78 is 1.86. The lowest BCUT2D eigenvalue weighted by Gasteiger charge is -2.39. The van der Waals surface area contributed by atoms with E-state index in [1.165, 1.54) is 0 Å². The van der Waals surface area contributed by atoms with E-state index in [2.05, 4.69) is 29.5 Å². The quantitative estimate of drug-likeness (QED) is 0.818. The third kappa shape index (κ3) is 2.21. The Morgan fingerprint density at radius 1 is 1.59 bits per heavy atom. The first-order valence-corrected chi connectivity index (χ1v) is 6.54. The van der Waals surface area contributed by atoms with Gasteiger partial charge in [-0.3, -0.25) is 0 Å². The van der Waals surface area contributed by atoms with E-state index in [0.29, 0.717) is 0 Å². The first-order chi connectivity index (χ1) is 8.22. The van der Waals surface area contributed by atoms with Crippen LogP contribution in [0.4, 0.5) is 0 Å². The summed E-state index contributed by atoms with van der Waals surface area (Å²) in [6.45, 7) is 6.77. The fourth-order valence-corrected chi connectivity index (χ4v) is 2.72. The van der Waals surface area contributed by atoms with Gasteiger partial charge in [-0.05, 0) is 25.8 Å². The van der Waals surface area contributed by atoms with Crippen LogP contribution in [-0.4, -0.2) is 33.2 Å². The number of aliphatic hydroxyl groups is 1. The van der Waals surface area contributed by atoms with Crippen molar-refractivity contribution in [2.24, 2.45) is 5.92 Å². The number of nitrogens with zero attached hydrogens (tertiary/aromatic N) is 3. The minimum absolute atomic E-state index is 0.241. The third-order valence-corrected chi connectivity index (χ3v) is 3.74. The molecule has 1 aromatic heterocycles. The largest absolute Gasteiger partial charge is 0.383 e. The van der Waals surface area contributed by atoms with Crippen molar-refractivity contribution in [1.29, 1.82) is 0 Å². The van der Waals surface area contributed by atoms with Crippen LogP contribution >= 0.6 is 0 Å². The summed E-state index contributed by atoms with van der Waals surface area (Å²) in [4.78, 5) is 0. The highest BCUT2D eigenvalue weighted by Gasteiger charge is 2.42. The molecule has 17 heavy (non-hydrogen) atoms. The van der Waals surface area contributed by atoms with Gasteiger partial charge in [0.15, 0.2) is 0 Å². The molecule has 5 nitrogen and oxygen atoms in total. The Balaban J connectivity index is 2.31. The highest BCUT2D eigenvalue weighted by atomic mass is 16.3. The SMILES string of the molecule is CCCn1nncc1C1(O)CCNCC1CC. The van der Waals surface area contributed by atoms with Crippen LogP contribution in [-0.2, 0) is 12.1 Å². The van der Waals surface area contributed by atoms with Crippen molar-refractivity contribution in [2.45, 2.75) is 45.3 Å². The van der Waals surface area contributed by atoms with Gasteiger partial charge in [-0.15, -0.1) is 5.10 Å². The maximum atomic E-state index is 11.0. The highest BCUT2D eigenvalue weighted by Crippen LogP contribution is 2.36. The van der Waals surface area contributed by atoms with Crippen molar-refractivity contribution >= 4 is 0 Å². The summed E-state index contributed by atoms with van der Waals surface area (Å²) in [5.41, 5.74) is 0.117. The molecule has 2 unspecified atom stereocenters. The lowest BCUT2D eigenvalue weighted by molar-refractivity contribution is -0.0549. The number of aryl methyl sites for hydroxylation is 1. The van der Waals surface area contributed by atoms with E-state index in [1.807, 2.05) is 4.68 Å². The second-order valence-corrected chi connectivity index (χ2v) is 4.83. The Kier molecular flexibility index (Phi) is 3.79. The van der Waals surface area contributed by atoms with E-state index in [1.54, 1.807) is 6.20 Å². The van der Waals surface area contributed by atoms with Crippen molar-refractivity contribution in [3.8, 4) is 0 Å². The van der Waals surface area contributed by atoms with Gasteiger partial charge in [0.2, 0.25) is 0 Å². The molecule has 1 saturated heterocycles. The van der Waals surface area contributed by atoms with Gasteiger partial charge in [0.05, 0.1) is 11.9 Å². The second kappa shape index (κ2) is 5.14. The van der Waals surface area contributed by atoms with Crippen molar-refractivity contribution in [3.05, 3.63) is 11.9 Å². The number of nitrogens with one attached hydrogen (secondary N) is 1. The van der Waals surface area contributed by atoms with Gasteiger partial charge in [-0.25, -0.2) is 4.68 Å². The Morgan fingerprint density at radius 2 is 2.41 bits per heavy atom. The molecule has 2 heterocycles. The van der Waals surface area contributed by atoms with Crippen LogP contribution in [0.2, 0.25) is 0 Å². The zero-order valence-electron chi connectivity index (χ0n) is 10.7. The number of rotatable bonds is 4. The van der Waals surface area contributed by atoms with E-state index < -0.39 is 5.60 Å². The van der Waals surface area contributed by atoms with Crippen LogP contribution in [0.15, 0.2) is 6.20 Å². The molecule has 0 bridgehead atoms. The summed E-state index contributed by atoms with van der Waals surface area (Å²) in [7, 11) is 0. The average Bonchev–Trinajstić information content (AvgIpc) is 2.79. The summed E-state index contributed by atoms with van der Waals surface area (Å²) in [6, 6.07) is 0. The fourth-order valence-electron chi connectivity index (χ4n) is 2.72. The number of aromatic nitrogens is 3. The standard InChI is InChI=1S/C12H22N4O/c1-3-7-16-11(9-14-15-16)12(17)5-6-13-8-10(12)4-2/h9-10,13,17H,3-8H2,1-2H3. The fraction of sp³-hybridized carbons (Fsp3) is 0.833. The molecule has 1 aliphatic rings. The van der Waals surface area contributed by atoms with Crippen molar-refractivity contribution in [1.82, 2.24) is 20.3 Å². The van der Waals surface area contributed by atoms with Crippen LogP contribution in [0, 0.1) is 5.92 Å². The minimum atomic E-state index is -0.765. The zero-order chi connectivity index (χ0) is 12.3. The monoisotopic (exact) mass is 238 g/mol. The van der Waals surface area contributed by atoms with Gasteiger partial charge in [-0.2, -0.15) is 0 Å². The second-order valence-electron chi connectivity index (χ2n) is 4.83. The molecule has 0 radical (unpaired) electrons. The highest BCUT2D eigenvalue weighted by molar-refractivity contribution is 5.12. The number of piperidine rings is 1. The molecule has 1 fully saturated rings. The summed E-state index contributed by atoms with van der Waals surface area (Å²) in [5.74, 6) is 0.241. The average molecular weight is 238 g/mol. The van der Waals surface area contributed by atoms with Gasteiger partial charge in [-0.1, -0.05) is 19.1 Å². The first-order valence-electron chi connectivity index (χ1n) is 6.54. The van der Waals surface area contributed by atoms with E-state index in [0.717, 1.165) is 44.6 Å². The maximum Gasteiger partial charge on any atom is 0.113 e. The molecular weight excluding hydrogens is 216 g/mol. The maximum absolute atomic E-state index is 11.0. The topological polar surface area (TPSA) is 63.0 Å². The van der Waals surface area contributed by atoms with Crippen molar-refractivity contribution in [2.75, 3.05) is 13.1 Å². The van der Waals surface area contributed by atoms with Crippen LogP contribution in [0.25, 0.3) is 0 Å². The lowest BCUT2D eigenvalue weighted by atomic mass is 9.78. The lowest BCUT2D eigenvalue weighted by Crippen LogP contribution is -2.49. The van der Waals surface area contributed by atoms with E-state index >= 15 is 0 Å². The Hall–Kier alpha value is -0.940. The van der Waals surface area contributed by atoms with Crippen LogP contribution < -0.4 is 5.32 Å². The van der Waals surface area contributed by atoms with Gasteiger partial charge in [0.25, 0.3) is 0 Å². The van der Waals surface area contributed by atoms with E-state index in [4.69, 9.17) is 0 Å².